The van der Waals surface area contributed by atoms with E-state index in [4.69, 9.17) is 0 Å². The van der Waals surface area contributed by atoms with Crippen molar-refractivity contribution in [3.8, 4) is 0 Å². The molecule has 1 amide bonds. The van der Waals surface area contributed by atoms with Gasteiger partial charge in [-0.1, -0.05) is 18.2 Å². The number of para-hydroxylation sites is 1. The molecule has 0 saturated heterocycles. The molecule has 0 spiro atoms. The number of hydrogen-bond donors (Lipinski definition) is 1. The molecule has 2 aromatic carbocycles. The van der Waals surface area contributed by atoms with E-state index in [0.29, 0.717) is 0 Å². The van der Waals surface area contributed by atoms with E-state index in [1.807, 2.05) is 55.3 Å². The molecule has 0 radical (unpaired) electrons. The molecule has 102 valence electrons. The minimum atomic E-state index is 0.0927. The largest absolute Gasteiger partial charge is 0.388 e. The summed E-state index contributed by atoms with van der Waals surface area (Å²) in [6.07, 6.45) is 0.940. The molecule has 1 heterocycles. The van der Waals surface area contributed by atoms with Gasteiger partial charge in [0.05, 0.1) is 0 Å². The highest BCUT2D eigenvalue weighted by molar-refractivity contribution is 6.08. The van der Waals surface area contributed by atoms with Gasteiger partial charge in [-0.05, 0) is 48.7 Å². The normalized spacial score (nSPS) is 13.2. The zero-order valence-corrected chi connectivity index (χ0v) is 11.8. The second kappa shape index (κ2) is 5.00. The molecule has 1 N–H and O–H groups in total. The van der Waals surface area contributed by atoms with Crippen LogP contribution in [0.5, 0.6) is 0 Å². The zero-order valence-electron chi connectivity index (χ0n) is 11.8. The van der Waals surface area contributed by atoms with Crippen molar-refractivity contribution >= 4 is 17.3 Å². The average molecular weight is 266 g/mol. The third kappa shape index (κ3) is 2.05. The van der Waals surface area contributed by atoms with Crippen LogP contribution >= 0.6 is 0 Å². The Labute approximate surface area is 119 Å². The highest BCUT2D eigenvalue weighted by Gasteiger charge is 2.25. The SMILES string of the molecule is CNc1ccc(C(=O)N2CCc3ccccc32)c(C)c1. The zero-order chi connectivity index (χ0) is 14.1. The van der Waals surface area contributed by atoms with Gasteiger partial charge in [-0.15, -0.1) is 0 Å². The molecular weight excluding hydrogens is 248 g/mol. The first kappa shape index (κ1) is 12.7. The maximum Gasteiger partial charge on any atom is 0.258 e. The minimum absolute atomic E-state index is 0.0927. The number of amides is 1. The molecule has 3 heteroatoms. The van der Waals surface area contributed by atoms with Crippen LogP contribution in [0, 0.1) is 6.92 Å². The first-order chi connectivity index (χ1) is 9.70. The Kier molecular flexibility index (Phi) is 3.18. The summed E-state index contributed by atoms with van der Waals surface area (Å²) >= 11 is 0. The molecule has 0 atom stereocenters. The van der Waals surface area contributed by atoms with Crippen molar-refractivity contribution < 1.29 is 4.79 Å². The van der Waals surface area contributed by atoms with Crippen LogP contribution in [0.25, 0.3) is 0 Å². The summed E-state index contributed by atoms with van der Waals surface area (Å²) in [4.78, 5) is 14.6. The van der Waals surface area contributed by atoms with Crippen LogP contribution in [0.4, 0.5) is 11.4 Å². The van der Waals surface area contributed by atoms with Crippen LogP contribution in [0.1, 0.15) is 21.5 Å². The number of aryl methyl sites for hydroxylation is 1. The number of carbonyl (C=O) groups excluding carboxylic acids is 1. The predicted molar refractivity (Wildman–Crippen MR) is 82.5 cm³/mol. The summed E-state index contributed by atoms with van der Waals surface area (Å²) in [5, 5.41) is 3.09. The number of rotatable bonds is 2. The lowest BCUT2D eigenvalue weighted by molar-refractivity contribution is 0.0989. The van der Waals surface area contributed by atoms with Crippen molar-refractivity contribution in [2.24, 2.45) is 0 Å². The molecule has 0 unspecified atom stereocenters. The molecule has 20 heavy (non-hydrogen) atoms. The Bertz CT molecular complexity index is 664. The van der Waals surface area contributed by atoms with Gasteiger partial charge in [-0.25, -0.2) is 0 Å². The molecule has 1 aliphatic rings. The fourth-order valence-corrected chi connectivity index (χ4v) is 2.75. The second-order valence-electron chi connectivity index (χ2n) is 5.12. The van der Waals surface area contributed by atoms with Crippen LogP contribution < -0.4 is 10.2 Å². The van der Waals surface area contributed by atoms with Crippen molar-refractivity contribution in [3.05, 3.63) is 59.2 Å². The van der Waals surface area contributed by atoms with Crippen molar-refractivity contribution in [3.63, 3.8) is 0 Å². The molecule has 0 aliphatic carbocycles. The van der Waals surface area contributed by atoms with Gasteiger partial charge in [-0.3, -0.25) is 4.79 Å². The van der Waals surface area contributed by atoms with Crippen LogP contribution in [-0.4, -0.2) is 19.5 Å². The van der Waals surface area contributed by atoms with Crippen molar-refractivity contribution in [1.82, 2.24) is 0 Å². The maximum absolute atomic E-state index is 12.7. The fraction of sp³-hybridized carbons (Fsp3) is 0.235. The third-order valence-corrected chi connectivity index (χ3v) is 3.88. The monoisotopic (exact) mass is 266 g/mol. The number of benzene rings is 2. The second-order valence-corrected chi connectivity index (χ2v) is 5.12. The summed E-state index contributed by atoms with van der Waals surface area (Å²) in [5.74, 6) is 0.0927. The Balaban J connectivity index is 1.95. The smallest absolute Gasteiger partial charge is 0.258 e. The first-order valence-electron chi connectivity index (χ1n) is 6.89. The van der Waals surface area contributed by atoms with Crippen LogP contribution in [0.3, 0.4) is 0 Å². The Morgan fingerprint density at radius 3 is 2.75 bits per heavy atom. The average Bonchev–Trinajstić information content (AvgIpc) is 2.90. The molecule has 0 bridgehead atoms. The topological polar surface area (TPSA) is 32.3 Å². The Morgan fingerprint density at radius 1 is 1.20 bits per heavy atom. The highest BCUT2D eigenvalue weighted by atomic mass is 16.2. The maximum atomic E-state index is 12.7. The van der Waals surface area contributed by atoms with Gasteiger partial charge < -0.3 is 10.2 Å². The summed E-state index contributed by atoms with van der Waals surface area (Å²) in [6.45, 7) is 2.75. The summed E-state index contributed by atoms with van der Waals surface area (Å²) in [7, 11) is 1.88. The van der Waals surface area contributed by atoms with Gasteiger partial charge in [-0.2, -0.15) is 0 Å². The van der Waals surface area contributed by atoms with Crippen LogP contribution in [-0.2, 0) is 6.42 Å². The van der Waals surface area contributed by atoms with Crippen LogP contribution in [0.15, 0.2) is 42.5 Å². The van der Waals surface area contributed by atoms with E-state index in [9.17, 15) is 4.79 Å². The molecule has 2 aromatic rings. The number of fused-ring (bicyclic) bond motifs is 1. The van der Waals surface area contributed by atoms with E-state index >= 15 is 0 Å². The molecular formula is C17H18N2O. The summed E-state index contributed by atoms with van der Waals surface area (Å²) in [5.41, 5.74) is 5.12. The quantitative estimate of drug-likeness (QED) is 0.905. The van der Waals surface area contributed by atoms with Gasteiger partial charge in [0.1, 0.15) is 0 Å². The molecule has 3 rings (SSSR count). The number of hydrogen-bond acceptors (Lipinski definition) is 2. The lowest BCUT2D eigenvalue weighted by Crippen LogP contribution is -2.29. The fourth-order valence-electron chi connectivity index (χ4n) is 2.75. The van der Waals surface area contributed by atoms with Crippen LogP contribution in [0.2, 0.25) is 0 Å². The molecule has 0 fully saturated rings. The Morgan fingerprint density at radius 2 is 2.00 bits per heavy atom. The molecule has 3 nitrogen and oxygen atoms in total. The number of nitrogens with one attached hydrogen (secondary N) is 1. The first-order valence-corrected chi connectivity index (χ1v) is 6.89. The number of anilines is 2. The number of carbonyl (C=O) groups is 1. The summed E-state index contributed by atoms with van der Waals surface area (Å²) < 4.78 is 0. The third-order valence-electron chi connectivity index (χ3n) is 3.88. The van der Waals surface area contributed by atoms with Gasteiger partial charge >= 0.3 is 0 Å². The van der Waals surface area contributed by atoms with Gasteiger partial charge in [0, 0.05) is 30.5 Å². The van der Waals surface area contributed by atoms with E-state index in [-0.39, 0.29) is 5.91 Å². The molecule has 0 aromatic heterocycles. The van der Waals surface area contributed by atoms with E-state index in [0.717, 1.165) is 35.5 Å². The predicted octanol–water partition coefficient (Wildman–Crippen LogP) is 3.24. The highest BCUT2D eigenvalue weighted by Crippen LogP contribution is 2.29. The summed E-state index contributed by atoms with van der Waals surface area (Å²) in [6, 6.07) is 14.0. The lowest BCUT2D eigenvalue weighted by Gasteiger charge is -2.19. The minimum Gasteiger partial charge on any atom is -0.388 e. The van der Waals surface area contributed by atoms with Gasteiger partial charge in [0.25, 0.3) is 5.91 Å². The van der Waals surface area contributed by atoms with Crippen molar-refractivity contribution in [2.45, 2.75) is 13.3 Å². The van der Waals surface area contributed by atoms with E-state index in [1.165, 1.54) is 5.56 Å². The lowest BCUT2D eigenvalue weighted by atomic mass is 10.1. The van der Waals surface area contributed by atoms with Gasteiger partial charge in [0.15, 0.2) is 0 Å². The molecule has 0 saturated carbocycles. The number of nitrogens with zero attached hydrogens (tertiary/aromatic N) is 1. The standard InChI is InChI=1S/C17H18N2O/c1-12-11-14(18-2)7-8-15(12)17(20)19-10-9-13-5-3-4-6-16(13)19/h3-8,11,18H,9-10H2,1-2H3. The van der Waals surface area contributed by atoms with E-state index < -0.39 is 0 Å². The van der Waals surface area contributed by atoms with Gasteiger partial charge in [0.2, 0.25) is 0 Å². The van der Waals surface area contributed by atoms with Crippen molar-refractivity contribution in [1.29, 1.82) is 0 Å². The van der Waals surface area contributed by atoms with E-state index in [2.05, 4.69) is 11.4 Å². The van der Waals surface area contributed by atoms with Crippen molar-refractivity contribution in [2.75, 3.05) is 23.8 Å². The molecule has 1 aliphatic heterocycles. The van der Waals surface area contributed by atoms with E-state index in [1.54, 1.807) is 0 Å². The Hall–Kier alpha value is -2.29.